The predicted octanol–water partition coefficient (Wildman–Crippen LogP) is 6.52. The highest BCUT2D eigenvalue weighted by atomic mass is 32.2. The molecule has 2 aromatic carbocycles. The lowest BCUT2D eigenvalue weighted by Gasteiger charge is -2.20. The highest BCUT2D eigenvalue weighted by Gasteiger charge is 2.26. The van der Waals surface area contributed by atoms with E-state index < -0.39 is 16.1 Å². The molecule has 0 atom stereocenters. The SMILES string of the molecule is COc1ccccc1Oc1c(NS(=O)(=O)c2ccc(C(C)(C)C)cc2)nc(C(C)C)nc1OCCOC(=O)Nc1ccncc1. The van der Waals surface area contributed by atoms with Gasteiger partial charge in [-0.25, -0.2) is 18.2 Å². The first kappa shape index (κ1) is 33.0. The number of pyridine rings is 1. The second-order valence-corrected chi connectivity index (χ2v) is 12.9. The van der Waals surface area contributed by atoms with Crippen molar-refractivity contribution in [2.75, 3.05) is 30.4 Å². The molecular formula is C32H37N5O7S. The van der Waals surface area contributed by atoms with Crippen LogP contribution in [0, 0.1) is 0 Å². The number of nitrogens with zero attached hydrogens (tertiary/aromatic N) is 3. The van der Waals surface area contributed by atoms with E-state index in [9.17, 15) is 13.2 Å². The molecule has 1 amide bonds. The summed E-state index contributed by atoms with van der Waals surface area (Å²) in [7, 11) is -2.64. The first-order valence-electron chi connectivity index (χ1n) is 14.2. The normalized spacial score (nSPS) is 11.5. The first-order chi connectivity index (χ1) is 21.4. The van der Waals surface area contributed by atoms with E-state index in [0.717, 1.165) is 5.56 Å². The van der Waals surface area contributed by atoms with Crippen LogP contribution < -0.4 is 24.2 Å². The predicted molar refractivity (Wildman–Crippen MR) is 170 cm³/mol. The van der Waals surface area contributed by atoms with Crippen LogP contribution in [0.3, 0.4) is 0 Å². The third kappa shape index (κ3) is 8.82. The molecule has 0 unspecified atom stereocenters. The standard InChI is InChI=1S/C32H37N5O7S/c1-21(2)28-35-29(37-45(39,40)24-13-11-22(12-14-24)32(3,4)5)27(44-26-10-8-7-9-25(26)41-6)30(36-28)42-19-20-43-31(38)34-23-15-17-33-18-16-23/h7-18,21H,19-20H2,1-6H3,(H,33,34,38)(H,35,36,37). The summed E-state index contributed by atoms with van der Waals surface area (Å²) in [6.45, 7) is 9.58. The van der Waals surface area contributed by atoms with E-state index in [-0.39, 0.29) is 52.6 Å². The molecule has 0 saturated carbocycles. The Bertz CT molecular complexity index is 1710. The number of para-hydroxylation sites is 2. The number of aromatic nitrogens is 3. The monoisotopic (exact) mass is 635 g/mol. The lowest BCUT2D eigenvalue weighted by Crippen LogP contribution is -2.19. The number of nitrogens with one attached hydrogen (secondary N) is 2. The number of benzene rings is 2. The van der Waals surface area contributed by atoms with Crippen molar-refractivity contribution in [3.63, 3.8) is 0 Å². The maximum Gasteiger partial charge on any atom is 0.411 e. The summed E-state index contributed by atoms with van der Waals surface area (Å²) in [6, 6.07) is 16.7. The average molecular weight is 636 g/mol. The smallest absolute Gasteiger partial charge is 0.411 e. The molecule has 238 valence electrons. The Morgan fingerprint density at radius 3 is 2.20 bits per heavy atom. The van der Waals surface area contributed by atoms with Gasteiger partial charge in [-0.15, -0.1) is 0 Å². The number of anilines is 2. The Morgan fingerprint density at radius 2 is 1.58 bits per heavy atom. The minimum absolute atomic E-state index is 0.0412. The van der Waals surface area contributed by atoms with Crippen molar-refractivity contribution in [3.8, 4) is 23.1 Å². The second kappa shape index (κ2) is 14.2. The van der Waals surface area contributed by atoms with E-state index in [1.807, 2.05) is 34.6 Å². The number of sulfonamides is 1. The zero-order valence-electron chi connectivity index (χ0n) is 26.0. The Labute approximate surface area is 263 Å². The molecule has 2 aromatic heterocycles. The third-order valence-corrected chi connectivity index (χ3v) is 7.75. The molecule has 0 bridgehead atoms. The van der Waals surface area contributed by atoms with Crippen LogP contribution in [0.1, 0.15) is 51.9 Å². The van der Waals surface area contributed by atoms with E-state index in [1.165, 1.54) is 19.5 Å². The van der Waals surface area contributed by atoms with Crippen LogP contribution in [-0.4, -0.2) is 49.8 Å². The van der Waals surface area contributed by atoms with Gasteiger partial charge in [0.15, 0.2) is 17.3 Å². The van der Waals surface area contributed by atoms with Crippen molar-refractivity contribution < 1.29 is 32.2 Å². The summed E-state index contributed by atoms with van der Waals surface area (Å²) in [5, 5.41) is 2.59. The molecule has 13 heteroatoms. The molecule has 4 aromatic rings. The Kier molecular flexibility index (Phi) is 10.4. The van der Waals surface area contributed by atoms with Crippen molar-refractivity contribution in [1.29, 1.82) is 0 Å². The number of rotatable bonds is 12. The fourth-order valence-electron chi connectivity index (χ4n) is 3.96. The molecule has 45 heavy (non-hydrogen) atoms. The largest absolute Gasteiger partial charge is 0.493 e. The molecule has 0 aliphatic carbocycles. The van der Waals surface area contributed by atoms with Crippen LogP contribution in [0.5, 0.6) is 23.1 Å². The van der Waals surface area contributed by atoms with E-state index >= 15 is 0 Å². The van der Waals surface area contributed by atoms with Gasteiger partial charge in [-0.2, -0.15) is 4.98 Å². The van der Waals surface area contributed by atoms with Gasteiger partial charge in [0.2, 0.25) is 5.75 Å². The van der Waals surface area contributed by atoms with Crippen molar-refractivity contribution in [2.45, 2.75) is 50.8 Å². The van der Waals surface area contributed by atoms with E-state index in [2.05, 4.69) is 25.0 Å². The fraction of sp³-hybridized carbons (Fsp3) is 0.312. The van der Waals surface area contributed by atoms with Gasteiger partial charge in [-0.05, 0) is 47.4 Å². The van der Waals surface area contributed by atoms with Gasteiger partial charge in [0.1, 0.15) is 19.0 Å². The second-order valence-electron chi connectivity index (χ2n) is 11.2. The number of amides is 1. The van der Waals surface area contributed by atoms with E-state index in [1.54, 1.807) is 60.7 Å². The molecule has 2 heterocycles. The molecular weight excluding hydrogens is 598 g/mol. The van der Waals surface area contributed by atoms with Crippen LogP contribution in [0.15, 0.2) is 78.0 Å². The van der Waals surface area contributed by atoms with E-state index in [4.69, 9.17) is 18.9 Å². The summed E-state index contributed by atoms with van der Waals surface area (Å²) in [4.78, 5) is 25.2. The summed E-state index contributed by atoms with van der Waals surface area (Å²) in [5.41, 5.74) is 1.35. The average Bonchev–Trinajstić information content (AvgIpc) is 3.00. The number of carbonyl (C=O) groups is 1. The number of hydrogen-bond acceptors (Lipinski definition) is 10. The summed E-state index contributed by atoms with van der Waals surface area (Å²) in [6.07, 6.45) is 2.39. The quantitative estimate of drug-likeness (QED) is 0.165. The van der Waals surface area contributed by atoms with Crippen LogP contribution >= 0.6 is 0 Å². The molecule has 2 N–H and O–H groups in total. The minimum Gasteiger partial charge on any atom is -0.493 e. The molecule has 0 saturated heterocycles. The topological polar surface area (TPSA) is 151 Å². The van der Waals surface area contributed by atoms with Crippen molar-refractivity contribution in [2.24, 2.45) is 0 Å². The van der Waals surface area contributed by atoms with Gasteiger partial charge < -0.3 is 18.9 Å². The van der Waals surface area contributed by atoms with Gasteiger partial charge >= 0.3 is 6.09 Å². The Hall–Kier alpha value is -4.91. The van der Waals surface area contributed by atoms with Crippen molar-refractivity contribution >= 4 is 27.6 Å². The lowest BCUT2D eigenvalue weighted by atomic mass is 9.87. The fourth-order valence-corrected chi connectivity index (χ4v) is 4.96. The van der Waals surface area contributed by atoms with Crippen LogP contribution in [0.2, 0.25) is 0 Å². The Balaban J connectivity index is 1.65. The summed E-state index contributed by atoms with van der Waals surface area (Å²) < 4.78 is 52.5. The first-order valence-corrected chi connectivity index (χ1v) is 15.7. The number of methoxy groups -OCH3 is 1. The number of ether oxygens (including phenoxy) is 4. The van der Waals surface area contributed by atoms with Crippen molar-refractivity contribution in [1.82, 2.24) is 15.0 Å². The third-order valence-electron chi connectivity index (χ3n) is 6.39. The molecule has 0 aliphatic heterocycles. The van der Waals surface area contributed by atoms with Gasteiger partial charge in [-0.3, -0.25) is 15.0 Å². The van der Waals surface area contributed by atoms with E-state index in [0.29, 0.717) is 17.3 Å². The van der Waals surface area contributed by atoms with Crippen LogP contribution in [0.4, 0.5) is 16.3 Å². The lowest BCUT2D eigenvalue weighted by molar-refractivity contribution is 0.135. The molecule has 4 rings (SSSR count). The maximum absolute atomic E-state index is 13.6. The molecule has 0 spiro atoms. The van der Waals surface area contributed by atoms with Gasteiger partial charge in [0.05, 0.1) is 12.0 Å². The molecule has 0 fully saturated rings. The zero-order chi connectivity index (χ0) is 32.6. The summed E-state index contributed by atoms with van der Waals surface area (Å²) >= 11 is 0. The Morgan fingerprint density at radius 1 is 0.911 bits per heavy atom. The van der Waals surface area contributed by atoms with Gasteiger partial charge in [0.25, 0.3) is 15.9 Å². The summed E-state index contributed by atoms with van der Waals surface area (Å²) in [5.74, 6) is 0.469. The minimum atomic E-state index is -4.12. The highest BCUT2D eigenvalue weighted by molar-refractivity contribution is 7.92. The highest BCUT2D eigenvalue weighted by Crippen LogP contribution is 2.41. The molecule has 0 radical (unpaired) electrons. The van der Waals surface area contributed by atoms with Gasteiger partial charge in [0, 0.05) is 24.0 Å². The zero-order valence-corrected chi connectivity index (χ0v) is 26.8. The molecule has 12 nitrogen and oxygen atoms in total. The molecule has 0 aliphatic rings. The maximum atomic E-state index is 13.6. The number of hydrogen-bond donors (Lipinski definition) is 2. The van der Waals surface area contributed by atoms with Crippen LogP contribution in [0.25, 0.3) is 0 Å². The van der Waals surface area contributed by atoms with Crippen molar-refractivity contribution in [3.05, 3.63) is 84.4 Å². The van der Waals surface area contributed by atoms with Crippen LogP contribution in [-0.2, 0) is 20.2 Å². The van der Waals surface area contributed by atoms with Gasteiger partial charge in [-0.1, -0.05) is 58.9 Å². The number of carbonyl (C=O) groups excluding carboxylic acids is 1.